The molecular formula is C19H27N5O4S. The summed E-state index contributed by atoms with van der Waals surface area (Å²) in [5.41, 5.74) is 0. The standard InChI is InChI=1S/C19H27N5O4S/c1-20-19(22-11-12-23-29(25,26)18-5-4-10-21-15-18)24(2)13-14-28-17-8-6-16(27-3)7-9-17/h4-10,15,23H,11-14H2,1-3H3,(H,20,22). The maximum absolute atomic E-state index is 12.2. The first-order valence-corrected chi connectivity index (χ1v) is 10.5. The molecule has 2 rings (SSSR count). The highest BCUT2D eigenvalue weighted by molar-refractivity contribution is 7.89. The van der Waals surface area contributed by atoms with Crippen molar-refractivity contribution in [1.29, 1.82) is 0 Å². The monoisotopic (exact) mass is 421 g/mol. The Bertz CT molecular complexity index is 873. The van der Waals surface area contributed by atoms with Gasteiger partial charge >= 0.3 is 0 Å². The van der Waals surface area contributed by atoms with E-state index < -0.39 is 10.0 Å². The van der Waals surface area contributed by atoms with Crippen LogP contribution in [0.1, 0.15) is 0 Å². The molecule has 10 heteroatoms. The third-order valence-corrected chi connectivity index (χ3v) is 5.42. The Labute approximate surface area is 171 Å². The number of sulfonamides is 1. The molecule has 0 aliphatic rings. The molecule has 0 fully saturated rings. The number of guanidine groups is 1. The van der Waals surface area contributed by atoms with Crippen molar-refractivity contribution in [1.82, 2.24) is 19.9 Å². The van der Waals surface area contributed by atoms with E-state index in [-0.39, 0.29) is 11.4 Å². The summed E-state index contributed by atoms with van der Waals surface area (Å²) in [6.07, 6.45) is 2.84. The van der Waals surface area contributed by atoms with Crippen molar-refractivity contribution in [2.75, 3.05) is 47.4 Å². The lowest BCUT2D eigenvalue weighted by atomic mass is 10.3. The van der Waals surface area contributed by atoms with E-state index in [0.717, 1.165) is 11.5 Å². The molecule has 2 N–H and O–H groups in total. The zero-order valence-electron chi connectivity index (χ0n) is 16.8. The van der Waals surface area contributed by atoms with Gasteiger partial charge in [-0.2, -0.15) is 0 Å². The minimum atomic E-state index is -3.57. The smallest absolute Gasteiger partial charge is 0.242 e. The predicted octanol–water partition coefficient (Wildman–Crippen LogP) is 0.955. The van der Waals surface area contributed by atoms with Crippen LogP contribution in [0.2, 0.25) is 0 Å². The Hall–Kier alpha value is -2.85. The molecule has 2 aromatic rings. The molecule has 0 unspecified atom stereocenters. The van der Waals surface area contributed by atoms with Gasteiger partial charge in [0.15, 0.2) is 5.96 Å². The van der Waals surface area contributed by atoms with E-state index in [4.69, 9.17) is 9.47 Å². The average molecular weight is 422 g/mol. The molecule has 0 saturated heterocycles. The molecule has 0 bridgehead atoms. The molecule has 0 spiro atoms. The lowest BCUT2D eigenvalue weighted by molar-refractivity contribution is 0.281. The molecule has 9 nitrogen and oxygen atoms in total. The normalized spacial score (nSPS) is 11.8. The molecular weight excluding hydrogens is 394 g/mol. The van der Waals surface area contributed by atoms with Crippen LogP contribution in [0.3, 0.4) is 0 Å². The lowest BCUT2D eigenvalue weighted by Gasteiger charge is -2.22. The summed E-state index contributed by atoms with van der Waals surface area (Å²) in [4.78, 5) is 10.1. The van der Waals surface area contributed by atoms with Crippen molar-refractivity contribution in [3.63, 3.8) is 0 Å². The van der Waals surface area contributed by atoms with Gasteiger partial charge in [-0.05, 0) is 36.4 Å². The molecule has 0 atom stereocenters. The highest BCUT2D eigenvalue weighted by atomic mass is 32.2. The molecule has 0 aliphatic heterocycles. The maximum atomic E-state index is 12.2. The summed E-state index contributed by atoms with van der Waals surface area (Å²) in [5, 5.41) is 3.12. The number of likely N-dealkylation sites (N-methyl/N-ethyl adjacent to an activating group) is 1. The number of ether oxygens (including phenoxy) is 2. The highest BCUT2D eigenvalue weighted by Gasteiger charge is 2.13. The Balaban J connectivity index is 1.71. The minimum absolute atomic E-state index is 0.136. The zero-order valence-corrected chi connectivity index (χ0v) is 17.6. The second-order valence-corrected chi connectivity index (χ2v) is 7.77. The van der Waals surface area contributed by atoms with Crippen molar-refractivity contribution >= 4 is 16.0 Å². The second-order valence-electron chi connectivity index (χ2n) is 6.01. The summed E-state index contributed by atoms with van der Waals surface area (Å²) in [5.74, 6) is 2.18. The Morgan fingerprint density at radius 3 is 2.52 bits per heavy atom. The molecule has 0 amide bonds. The molecule has 1 aromatic carbocycles. The fraction of sp³-hybridized carbons (Fsp3) is 0.368. The molecule has 0 radical (unpaired) electrons. The van der Waals surface area contributed by atoms with Crippen LogP contribution in [0.15, 0.2) is 58.7 Å². The molecule has 1 aromatic heterocycles. The molecule has 1 heterocycles. The van der Waals surface area contributed by atoms with Gasteiger partial charge in [0.25, 0.3) is 0 Å². The number of methoxy groups -OCH3 is 1. The third-order valence-electron chi connectivity index (χ3n) is 3.97. The Morgan fingerprint density at radius 2 is 1.90 bits per heavy atom. The van der Waals surface area contributed by atoms with Crippen molar-refractivity contribution in [3.8, 4) is 11.5 Å². The van der Waals surface area contributed by atoms with Crippen molar-refractivity contribution in [2.45, 2.75) is 4.90 Å². The van der Waals surface area contributed by atoms with E-state index >= 15 is 0 Å². The Morgan fingerprint density at radius 1 is 1.17 bits per heavy atom. The van der Waals surface area contributed by atoms with Crippen LogP contribution in [-0.2, 0) is 10.0 Å². The van der Waals surface area contributed by atoms with E-state index in [1.165, 1.54) is 18.5 Å². The topological polar surface area (TPSA) is 105 Å². The molecule has 0 aliphatic carbocycles. The summed E-state index contributed by atoms with van der Waals surface area (Å²) in [6, 6.07) is 10.5. The first-order chi connectivity index (χ1) is 14.0. The second kappa shape index (κ2) is 11.2. The first kappa shape index (κ1) is 22.4. The first-order valence-electron chi connectivity index (χ1n) is 9.04. The molecule has 29 heavy (non-hydrogen) atoms. The number of aliphatic imine (C=N–C) groups is 1. The van der Waals surface area contributed by atoms with Gasteiger partial charge in [-0.15, -0.1) is 0 Å². The van der Waals surface area contributed by atoms with Gasteiger partial charge in [0.05, 0.1) is 13.7 Å². The van der Waals surface area contributed by atoms with E-state index in [9.17, 15) is 8.42 Å². The summed E-state index contributed by atoms with van der Waals surface area (Å²) in [6.45, 7) is 1.67. The van der Waals surface area contributed by atoms with Gasteiger partial charge in [-0.3, -0.25) is 9.98 Å². The maximum Gasteiger partial charge on any atom is 0.242 e. The van der Waals surface area contributed by atoms with E-state index in [0.29, 0.717) is 25.7 Å². The zero-order chi connectivity index (χ0) is 21.1. The van der Waals surface area contributed by atoms with Gasteiger partial charge in [-0.1, -0.05) is 0 Å². The largest absolute Gasteiger partial charge is 0.497 e. The number of nitrogens with one attached hydrogen (secondary N) is 2. The summed E-state index contributed by atoms with van der Waals surface area (Å²) in [7, 11) is 1.60. The number of hydrogen-bond acceptors (Lipinski definition) is 6. The number of aromatic nitrogens is 1. The van der Waals surface area contributed by atoms with E-state index in [1.54, 1.807) is 20.2 Å². The van der Waals surface area contributed by atoms with Crippen LogP contribution in [-0.4, -0.2) is 71.7 Å². The predicted molar refractivity (Wildman–Crippen MR) is 112 cm³/mol. The van der Waals surface area contributed by atoms with Gasteiger partial charge in [-0.25, -0.2) is 13.1 Å². The number of hydrogen-bond donors (Lipinski definition) is 2. The van der Waals surface area contributed by atoms with Crippen molar-refractivity contribution < 1.29 is 17.9 Å². The van der Waals surface area contributed by atoms with Gasteiger partial charge < -0.3 is 19.7 Å². The lowest BCUT2D eigenvalue weighted by Crippen LogP contribution is -2.43. The number of nitrogens with zero attached hydrogens (tertiary/aromatic N) is 3. The minimum Gasteiger partial charge on any atom is -0.497 e. The van der Waals surface area contributed by atoms with Crippen LogP contribution in [0, 0.1) is 0 Å². The number of benzene rings is 1. The third kappa shape index (κ3) is 7.24. The fourth-order valence-electron chi connectivity index (χ4n) is 2.41. The average Bonchev–Trinajstić information content (AvgIpc) is 2.74. The van der Waals surface area contributed by atoms with Crippen LogP contribution in [0.4, 0.5) is 0 Å². The number of rotatable bonds is 10. The van der Waals surface area contributed by atoms with Crippen molar-refractivity contribution in [2.24, 2.45) is 4.99 Å². The quantitative estimate of drug-likeness (QED) is 0.334. The van der Waals surface area contributed by atoms with Crippen LogP contribution >= 0.6 is 0 Å². The van der Waals surface area contributed by atoms with Gasteiger partial charge in [0, 0.05) is 39.6 Å². The Kier molecular flexibility index (Phi) is 8.68. The summed E-state index contributed by atoms with van der Waals surface area (Å²) < 4.78 is 37.7. The summed E-state index contributed by atoms with van der Waals surface area (Å²) >= 11 is 0. The van der Waals surface area contributed by atoms with Crippen LogP contribution in [0.5, 0.6) is 11.5 Å². The molecule has 0 saturated carbocycles. The van der Waals surface area contributed by atoms with Gasteiger partial charge in [0.2, 0.25) is 10.0 Å². The van der Waals surface area contributed by atoms with E-state index in [1.807, 2.05) is 36.2 Å². The highest BCUT2D eigenvalue weighted by Crippen LogP contribution is 2.16. The van der Waals surface area contributed by atoms with Crippen molar-refractivity contribution in [3.05, 3.63) is 48.8 Å². The SMILES string of the molecule is CN=C(NCCNS(=O)(=O)c1cccnc1)N(C)CCOc1ccc(OC)cc1. The molecule has 158 valence electrons. The van der Waals surface area contributed by atoms with E-state index in [2.05, 4.69) is 20.0 Å². The fourth-order valence-corrected chi connectivity index (χ4v) is 3.41. The number of pyridine rings is 1. The van der Waals surface area contributed by atoms with Crippen LogP contribution < -0.4 is 19.5 Å². The van der Waals surface area contributed by atoms with Gasteiger partial charge in [0.1, 0.15) is 23.0 Å². The van der Waals surface area contributed by atoms with Crippen LogP contribution in [0.25, 0.3) is 0 Å².